The Kier molecular flexibility index (Phi) is 6.24. The molecule has 0 atom stereocenters. The molecular weight excluding hydrogens is 366 g/mol. The molecule has 6 nitrogen and oxygen atoms in total. The molecule has 1 aromatic heterocycles. The highest BCUT2D eigenvalue weighted by Gasteiger charge is 2.09. The maximum Gasteiger partial charge on any atom is 0.338 e. The van der Waals surface area contributed by atoms with Crippen LogP contribution in [-0.4, -0.2) is 23.5 Å². The molecule has 0 aliphatic rings. The van der Waals surface area contributed by atoms with Gasteiger partial charge in [-0.05, 0) is 80.4 Å². The van der Waals surface area contributed by atoms with E-state index in [0.29, 0.717) is 23.6 Å². The fraction of sp³-hybridized carbons (Fsp3) is 0.174. The van der Waals surface area contributed by atoms with E-state index in [0.717, 1.165) is 22.5 Å². The fourth-order valence-corrected chi connectivity index (χ4v) is 2.94. The first-order valence-corrected chi connectivity index (χ1v) is 9.34. The third kappa shape index (κ3) is 5.42. The van der Waals surface area contributed by atoms with Crippen molar-refractivity contribution in [2.45, 2.75) is 20.8 Å². The molecule has 0 saturated heterocycles. The van der Waals surface area contributed by atoms with E-state index in [1.165, 1.54) is 0 Å². The van der Waals surface area contributed by atoms with Gasteiger partial charge in [-0.2, -0.15) is 0 Å². The molecule has 3 rings (SSSR count). The van der Waals surface area contributed by atoms with Crippen molar-refractivity contribution in [3.8, 4) is 0 Å². The summed E-state index contributed by atoms with van der Waals surface area (Å²) in [5.74, 6) is -0.0395. The number of aryl methyl sites for hydroxylation is 2. The number of ether oxygens (including phenoxy) is 1. The molecule has 0 saturated carbocycles. The Bertz CT molecular complexity index is 1010. The number of benzene rings is 2. The zero-order chi connectivity index (χ0) is 20.8. The Morgan fingerprint density at radius 1 is 0.897 bits per heavy atom. The second-order valence-corrected chi connectivity index (χ2v) is 6.68. The number of carbonyl (C=O) groups is 2. The van der Waals surface area contributed by atoms with Gasteiger partial charge in [0.1, 0.15) is 5.82 Å². The van der Waals surface area contributed by atoms with Gasteiger partial charge in [0.2, 0.25) is 0 Å². The van der Waals surface area contributed by atoms with Crippen molar-refractivity contribution in [1.82, 2.24) is 4.98 Å². The monoisotopic (exact) mass is 389 g/mol. The molecule has 0 fully saturated rings. The second-order valence-electron chi connectivity index (χ2n) is 6.68. The van der Waals surface area contributed by atoms with E-state index in [2.05, 4.69) is 21.7 Å². The minimum Gasteiger partial charge on any atom is -0.462 e. The normalized spacial score (nSPS) is 10.3. The number of nitrogens with one attached hydrogen (secondary N) is 2. The maximum atomic E-state index is 12.6. The van der Waals surface area contributed by atoms with Crippen LogP contribution in [0.4, 0.5) is 17.2 Å². The molecule has 6 heteroatoms. The Balaban J connectivity index is 1.70. The van der Waals surface area contributed by atoms with E-state index in [1.54, 1.807) is 49.5 Å². The highest BCUT2D eigenvalue weighted by atomic mass is 16.5. The van der Waals surface area contributed by atoms with Crippen molar-refractivity contribution in [2.75, 3.05) is 17.2 Å². The molecule has 1 heterocycles. The van der Waals surface area contributed by atoms with E-state index in [-0.39, 0.29) is 11.9 Å². The van der Waals surface area contributed by atoms with Crippen molar-refractivity contribution in [3.63, 3.8) is 0 Å². The van der Waals surface area contributed by atoms with Crippen LogP contribution in [0.5, 0.6) is 0 Å². The number of rotatable bonds is 6. The zero-order valence-corrected chi connectivity index (χ0v) is 16.7. The Morgan fingerprint density at radius 2 is 1.59 bits per heavy atom. The molecule has 0 unspecified atom stereocenters. The minimum atomic E-state index is -0.359. The zero-order valence-electron chi connectivity index (χ0n) is 16.7. The largest absolute Gasteiger partial charge is 0.462 e. The molecule has 0 spiro atoms. The summed E-state index contributed by atoms with van der Waals surface area (Å²) in [6.07, 6.45) is 1.58. The predicted molar refractivity (Wildman–Crippen MR) is 114 cm³/mol. The summed E-state index contributed by atoms with van der Waals surface area (Å²) >= 11 is 0. The third-order valence-corrected chi connectivity index (χ3v) is 4.17. The smallest absolute Gasteiger partial charge is 0.338 e. The molecule has 2 aromatic carbocycles. The predicted octanol–water partition coefficient (Wildman–Crippen LogP) is 4.87. The molecule has 0 aliphatic heterocycles. The van der Waals surface area contributed by atoms with Gasteiger partial charge in [0.05, 0.1) is 12.2 Å². The lowest BCUT2D eigenvalue weighted by molar-refractivity contribution is 0.0526. The van der Waals surface area contributed by atoms with Crippen LogP contribution in [0.2, 0.25) is 0 Å². The molecule has 2 N–H and O–H groups in total. The average Bonchev–Trinajstić information content (AvgIpc) is 2.68. The lowest BCUT2D eigenvalue weighted by Crippen LogP contribution is -2.12. The third-order valence-electron chi connectivity index (χ3n) is 4.17. The Morgan fingerprint density at radius 3 is 2.24 bits per heavy atom. The number of anilines is 3. The molecule has 3 aromatic rings. The lowest BCUT2D eigenvalue weighted by Gasteiger charge is -2.10. The number of hydrogen-bond acceptors (Lipinski definition) is 5. The number of carbonyl (C=O) groups excluding carboxylic acids is 2. The summed E-state index contributed by atoms with van der Waals surface area (Å²) in [4.78, 5) is 28.6. The number of hydrogen-bond donors (Lipinski definition) is 2. The molecule has 1 amide bonds. The Hall–Kier alpha value is -3.67. The second kappa shape index (κ2) is 9.01. The molecule has 0 aliphatic carbocycles. The summed E-state index contributed by atoms with van der Waals surface area (Å²) in [6.45, 7) is 6.08. The molecule has 0 bridgehead atoms. The molecule has 29 heavy (non-hydrogen) atoms. The summed E-state index contributed by atoms with van der Waals surface area (Å²) in [7, 11) is 0. The van der Waals surface area contributed by atoms with E-state index in [9.17, 15) is 9.59 Å². The number of esters is 1. The van der Waals surface area contributed by atoms with Crippen LogP contribution in [-0.2, 0) is 4.74 Å². The number of nitrogens with zero attached hydrogens (tertiary/aromatic N) is 1. The quantitative estimate of drug-likeness (QED) is 0.588. The van der Waals surface area contributed by atoms with Gasteiger partial charge in [-0.1, -0.05) is 6.07 Å². The van der Waals surface area contributed by atoms with Gasteiger partial charge >= 0.3 is 5.97 Å². The summed E-state index contributed by atoms with van der Waals surface area (Å²) in [5, 5.41) is 6.05. The van der Waals surface area contributed by atoms with Crippen LogP contribution in [0, 0.1) is 13.8 Å². The van der Waals surface area contributed by atoms with Gasteiger partial charge in [-0.15, -0.1) is 0 Å². The summed E-state index contributed by atoms with van der Waals surface area (Å²) in [5.41, 5.74) is 4.65. The standard InChI is InChI=1S/C23H23N3O3/c1-4-29-23(28)17-5-7-19(8-6-17)25-21-14-18(9-10-24-21)22(27)26-20-12-15(2)11-16(3)13-20/h5-14H,4H2,1-3H3,(H,24,25)(H,26,27). The number of aromatic nitrogens is 1. The van der Waals surface area contributed by atoms with Gasteiger partial charge in [-0.3, -0.25) is 4.79 Å². The lowest BCUT2D eigenvalue weighted by atomic mass is 10.1. The van der Waals surface area contributed by atoms with Gasteiger partial charge in [-0.25, -0.2) is 9.78 Å². The number of pyridine rings is 1. The summed E-state index contributed by atoms with van der Waals surface area (Å²) in [6, 6.07) is 16.1. The van der Waals surface area contributed by atoms with E-state index in [1.807, 2.05) is 26.0 Å². The van der Waals surface area contributed by atoms with Gasteiger partial charge in [0.15, 0.2) is 0 Å². The summed E-state index contributed by atoms with van der Waals surface area (Å²) < 4.78 is 4.98. The highest BCUT2D eigenvalue weighted by Crippen LogP contribution is 2.19. The van der Waals surface area contributed by atoms with Crippen molar-refractivity contribution >= 4 is 29.1 Å². The molecule has 0 radical (unpaired) electrons. The van der Waals surface area contributed by atoms with Gasteiger partial charge in [0.25, 0.3) is 5.91 Å². The molecular formula is C23H23N3O3. The van der Waals surface area contributed by atoms with Crippen LogP contribution in [0.15, 0.2) is 60.8 Å². The van der Waals surface area contributed by atoms with Crippen molar-refractivity contribution in [3.05, 3.63) is 83.0 Å². The average molecular weight is 389 g/mol. The van der Waals surface area contributed by atoms with E-state index >= 15 is 0 Å². The fourth-order valence-electron chi connectivity index (χ4n) is 2.94. The van der Waals surface area contributed by atoms with Crippen LogP contribution in [0.3, 0.4) is 0 Å². The van der Waals surface area contributed by atoms with Gasteiger partial charge in [0, 0.05) is 23.1 Å². The number of amides is 1. The van der Waals surface area contributed by atoms with E-state index < -0.39 is 0 Å². The molecule has 148 valence electrons. The van der Waals surface area contributed by atoms with Crippen LogP contribution >= 0.6 is 0 Å². The maximum absolute atomic E-state index is 12.6. The Labute approximate surface area is 169 Å². The minimum absolute atomic E-state index is 0.210. The van der Waals surface area contributed by atoms with Crippen LogP contribution < -0.4 is 10.6 Å². The topological polar surface area (TPSA) is 80.3 Å². The van der Waals surface area contributed by atoms with Gasteiger partial charge < -0.3 is 15.4 Å². The van der Waals surface area contributed by atoms with E-state index in [4.69, 9.17) is 4.74 Å². The van der Waals surface area contributed by atoms with Crippen LogP contribution in [0.1, 0.15) is 38.8 Å². The van der Waals surface area contributed by atoms with Crippen LogP contribution in [0.25, 0.3) is 0 Å². The van der Waals surface area contributed by atoms with Crippen molar-refractivity contribution in [1.29, 1.82) is 0 Å². The SMILES string of the molecule is CCOC(=O)c1ccc(Nc2cc(C(=O)Nc3cc(C)cc(C)c3)ccn2)cc1. The first-order chi connectivity index (χ1) is 13.9. The first-order valence-electron chi connectivity index (χ1n) is 9.34. The van der Waals surface area contributed by atoms with Crippen molar-refractivity contribution < 1.29 is 14.3 Å². The first kappa shape index (κ1) is 20.1. The highest BCUT2D eigenvalue weighted by molar-refractivity contribution is 6.04. The van der Waals surface area contributed by atoms with Crippen molar-refractivity contribution in [2.24, 2.45) is 0 Å².